The van der Waals surface area contributed by atoms with Gasteiger partial charge in [-0.15, -0.1) is 0 Å². The third-order valence-corrected chi connectivity index (χ3v) is 3.05. The van der Waals surface area contributed by atoms with E-state index in [0.717, 1.165) is 24.1 Å². The fourth-order valence-electron chi connectivity index (χ4n) is 1.95. The number of nitrogens with zero attached hydrogens (tertiary/aromatic N) is 1. The number of nitrogens with one attached hydrogen (secondary N) is 1. The molecule has 14 heavy (non-hydrogen) atoms. The van der Waals surface area contributed by atoms with Crippen molar-refractivity contribution in [2.75, 3.05) is 6.54 Å². The minimum atomic E-state index is 0.137. The largest absolute Gasteiger partial charge is 0.330 e. The molecule has 2 rings (SSSR count). The first-order valence-corrected chi connectivity index (χ1v) is 5.24. The van der Waals surface area contributed by atoms with Gasteiger partial charge in [0.05, 0.1) is 6.04 Å². The molecule has 0 bridgehead atoms. The van der Waals surface area contributed by atoms with Crippen molar-refractivity contribution >= 4 is 0 Å². The molecule has 0 unspecified atom stereocenters. The van der Waals surface area contributed by atoms with Gasteiger partial charge in [-0.1, -0.05) is 0 Å². The highest BCUT2D eigenvalue weighted by Gasteiger charge is 2.23. The van der Waals surface area contributed by atoms with Crippen molar-refractivity contribution in [2.24, 2.45) is 5.73 Å². The Hall–Kier alpha value is -1.03. The molecule has 0 aliphatic heterocycles. The van der Waals surface area contributed by atoms with Crippen LogP contribution in [0.3, 0.4) is 0 Å². The van der Waals surface area contributed by atoms with Gasteiger partial charge in [-0.2, -0.15) is 0 Å². The lowest BCUT2D eigenvalue weighted by Gasteiger charge is -2.25. The highest BCUT2D eigenvalue weighted by atomic mass is 16.1. The van der Waals surface area contributed by atoms with E-state index in [-0.39, 0.29) is 5.56 Å². The van der Waals surface area contributed by atoms with E-state index in [1.54, 1.807) is 4.68 Å². The second-order valence-corrected chi connectivity index (χ2v) is 4.01. The zero-order chi connectivity index (χ0) is 10.1. The molecule has 0 amide bonds. The van der Waals surface area contributed by atoms with Gasteiger partial charge in [-0.25, -0.2) is 4.68 Å². The molecule has 1 aliphatic rings. The van der Waals surface area contributed by atoms with Crippen molar-refractivity contribution in [3.8, 4) is 0 Å². The number of rotatable bonds is 3. The minimum Gasteiger partial charge on any atom is -0.330 e. The molecule has 0 saturated heterocycles. The van der Waals surface area contributed by atoms with Crippen LogP contribution < -0.4 is 11.3 Å². The van der Waals surface area contributed by atoms with Crippen molar-refractivity contribution < 1.29 is 0 Å². The standard InChI is InChI=1S/C10H17N3O/c1-7-9(5-6-11)10(14)13(12-7)8-3-2-4-8/h8,12H,2-6,11H2,1H3. The zero-order valence-electron chi connectivity index (χ0n) is 8.55. The maximum absolute atomic E-state index is 11.9. The van der Waals surface area contributed by atoms with Crippen LogP contribution >= 0.6 is 0 Å². The van der Waals surface area contributed by atoms with Crippen molar-refractivity contribution in [1.82, 2.24) is 9.78 Å². The number of nitrogens with two attached hydrogens (primary N) is 1. The van der Waals surface area contributed by atoms with Crippen LogP contribution in [0.4, 0.5) is 0 Å². The average Bonchev–Trinajstić information content (AvgIpc) is 2.31. The molecular formula is C10H17N3O. The van der Waals surface area contributed by atoms with Gasteiger partial charge < -0.3 is 5.73 Å². The summed E-state index contributed by atoms with van der Waals surface area (Å²) >= 11 is 0. The summed E-state index contributed by atoms with van der Waals surface area (Å²) in [5.41, 5.74) is 7.44. The van der Waals surface area contributed by atoms with E-state index in [2.05, 4.69) is 5.10 Å². The molecule has 1 saturated carbocycles. The Morgan fingerprint density at radius 1 is 1.57 bits per heavy atom. The lowest BCUT2D eigenvalue weighted by atomic mass is 9.93. The first-order valence-electron chi connectivity index (χ1n) is 5.24. The maximum atomic E-state index is 11.9. The van der Waals surface area contributed by atoms with Gasteiger partial charge in [-0.05, 0) is 39.2 Å². The van der Waals surface area contributed by atoms with Crippen molar-refractivity contribution in [1.29, 1.82) is 0 Å². The number of aromatic nitrogens is 2. The summed E-state index contributed by atoms with van der Waals surface area (Å²) in [5.74, 6) is 0. The van der Waals surface area contributed by atoms with Crippen molar-refractivity contribution in [2.45, 2.75) is 38.6 Å². The van der Waals surface area contributed by atoms with Gasteiger partial charge in [-0.3, -0.25) is 9.89 Å². The molecule has 78 valence electrons. The molecule has 3 N–H and O–H groups in total. The predicted molar refractivity (Wildman–Crippen MR) is 55.4 cm³/mol. The van der Waals surface area contributed by atoms with Crippen LogP contribution in [0.5, 0.6) is 0 Å². The molecule has 1 heterocycles. The maximum Gasteiger partial charge on any atom is 0.270 e. The van der Waals surface area contributed by atoms with Gasteiger partial charge in [0.2, 0.25) is 0 Å². The van der Waals surface area contributed by atoms with Gasteiger partial charge in [0.25, 0.3) is 5.56 Å². The Bertz CT molecular complexity index is 373. The lowest BCUT2D eigenvalue weighted by molar-refractivity contribution is 0.282. The van der Waals surface area contributed by atoms with Gasteiger partial charge in [0.15, 0.2) is 0 Å². The lowest BCUT2D eigenvalue weighted by Crippen LogP contribution is -2.28. The average molecular weight is 195 g/mol. The third-order valence-electron chi connectivity index (χ3n) is 3.05. The molecule has 1 aromatic rings. The third kappa shape index (κ3) is 1.39. The van der Waals surface area contributed by atoms with Crippen LogP contribution in [0.15, 0.2) is 4.79 Å². The Balaban J connectivity index is 2.33. The molecule has 4 heteroatoms. The van der Waals surface area contributed by atoms with Crippen LogP contribution in [0, 0.1) is 6.92 Å². The molecule has 1 aromatic heterocycles. The number of aryl methyl sites for hydroxylation is 1. The predicted octanol–water partition coefficient (Wildman–Crippen LogP) is 0.711. The molecule has 0 spiro atoms. The van der Waals surface area contributed by atoms with Crippen molar-refractivity contribution in [3.63, 3.8) is 0 Å². The quantitative estimate of drug-likeness (QED) is 0.746. The number of H-pyrrole nitrogens is 1. The molecule has 0 atom stereocenters. The number of aromatic amines is 1. The molecule has 4 nitrogen and oxygen atoms in total. The van der Waals surface area contributed by atoms with Crippen molar-refractivity contribution in [3.05, 3.63) is 21.6 Å². The fraction of sp³-hybridized carbons (Fsp3) is 0.700. The summed E-state index contributed by atoms with van der Waals surface area (Å²) in [6.45, 7) is 2.49. The first-order chi connectivity index (χ1) is 6.74. The summed E-state index contributed by atoms with van der Waals surface area (Å²) in [6, 6.07) is 0.410. The molecular weight excluding hydrogens is 178 g/mol. The van der Waals surface area contributed by atoms with Crippen LogP contribution in [-0.2, 0) is 6.42 Å². The summed E-state index contributed by atoms with van der Waals surface area (Å²) < 4.78 is 1.78. The molecule has 1 aliphatic carbocycles. The highest BCUT2D eigenvalue weighted by molar-refractivity contribution is 5.16. The van der Waals surface area contributed by atoms with E-state index in [4.69, 9.17) is 5.73 Å². The van der Waals surface area contributed by atoms with Crippen LogP contribution in [0.1, 0.15) is 36.6 Å². The second kappa shape index (κ2) is 3.61. The topological polar surface area (TPSA) is 63.8 Å². The van der Waals surface area contributed by atoms with E-state index in [9.17, 15) is 4.79 Å². The molecule has 0 radical (unpaired) electrons. The monoisotopic (exact) mass is 195 g/mol. The summed E-state index contributed by atoms with van der Waals surface area (Å²) in [7, 11) is 0. The van der Waals surface area contributed by atoms with Gasteiger partial charge in [0, 0.05) is 11.3 Å². The number of hydrogen-bond donors (Lipinski definition) is 2. The van der Waals surface area contributed by atoms with E-state index < -0.39 is 0 Å². The molecule has 0 aromatic carbocycles. The van der Waals surface area contributed by atoms with Gasteiger partial charge in [0.1, 0.15) is 0 Å². The summed E-state index contributed by atoms with van der Waals surface area (Å²) in [5, 5.41) is 3.15. The summed E-state index contributed by atoms with van der Waals surface area (Å²) in [6.07, 6.45) is 4.17. The zero-order valence-corrected chi connectivity index (χ0v) is 8.55. The van der Waals surface area contributed by atoms with Crippen LogP contribution in [0.2, 0.25) is 0 Å². The van der Waals surface area contributed by atoms with E-state index in [1.807, 2.05) is 6.92 Å². The fourth-order valence-corrected chi connectivity index (χ4v) is 1.95. The minimum absolute atomic E-state index is 0.137. The van der Waals surface area contributed by atoms with E-state index in [1.165, 1.54) is 6.42 Å². The van der Waals surface area contributed by atoms with E-state index in [0.29, 0.717) is 19.0 Å². The van der Waals surface area contributed by atoms with Crippen LogP contribution in [0.25, 0.3) is 0 Å². The van der Waals surface area contributed by atoms with Gasteiger partial charge >= 0.3 is 0 Å². The first kappa shape index (κ1) is 9.52. The Labute approximate surface area is 83.1 Å². The Kier molecular flexibility index (Phi) is 2.46. The summed E-state index contributed by atoms with van der Waals surface area (Å²) in [4.78, 5) is 11.9. The molecule has 1 fully saturated rings. The second-order valence-electron chi connectivity index (χ2n) is 4.01. The SMILES string of the molecule is Cc1[nH]n(C2CCC2)c(=O)c1CCN. The number of hydrogen-bond acceptors (Lipinski definition) is 2. The smallest absolute Gasteiger partial charge is 0.270 e. The van der Waals surface area contributed by atoms with Crippen LogP contribution in [-0.4, -0.2) is 16.3 Å². The Morgan fingerprint density at radius 3 is 2.79 bits per heavy atom. The Morgan fingerprint density at radius 2 is 2.29 bits per heavy atom. The van der Waals surface area contributed by atoms with E-state index >= 15 is 0 Å². The normalized spacial score (nSPS) is 17.0. The highest BCUT2D eigenvalue weighted by Crippen LogP contribution is 2.29.